The summed E-state index contributed by atoms with van der Waals surface area (Å²) in [5.74, 6) is 0.929. The van der Waals surface area contributed by atoms with E-state index in [0.717, 1.165) is 30.0 Å². The van der Waals surface area contributed by atoms with Gasteiger partial charge in [0, 0.05) is 31.1 Å². The van der Waals surface area contributed by atoms with Gasteiger partial charge in [0.15, 0.2) is 0 Å². The Morgan fingerprint density at radius 2 is 2.00 bits per heavy atom. The van der Waals surface area contributed by atoms with Crippen LogP contribution < -0.4 is 10.6 Å². The summed E-state index contributed by atoms with van der Waals surface area (Å²) in [7, 11) is 1.91. The Balaban J connectivity index is 3.12. The van der Waals surface area contributed by atoms with Gasteiger partial charge in [-0.05, 0) is 36.4 Å². The Hall–Kier alpha value is -0.880. The Bertz CT molecular complexity index is 435. The van der Waals surface area contributed by atoms with E-state index in [1.54, 1.807) is 11.8 Å². The van der Waals surface area contributed by atoms with Crippen molar-refractivity contribution in [3.8, 4) is 0 Å². The van der Waals surface area contributed by atoms with E-state index in [0.29, 0.717) is 5.56 Å². The predicted octanol–water partition coefficient (Wildman–Crippen LogP) is 3.74. The fraction of sp³-hybridized carbons (Fsp3) is 0.571. The lowest BCUT2D eigenvalue weighted by atomic mass is 10.1. The van der Waals surface area contributed by atoms with Crippen LogP contribution in [0.5, 0.6) is 0 Å². The average molecular weight is 306 g/mol. The first-order valence-electron chi connectivity index (χ1n) is 6.47. The largest absolute Gasteiger partial charge is 0.416 e. The van der Waals surface area contributed by atoms with Crippen molar-refractivity contribution in [3.05, 3.63) is 29.3 Å². The number of alkyl halides is 3. The highest BCUT2D eigenvalue weighted by Gasteiger charge is 2.31. The van der Waals surface area contributed by atoms with Gasteiger partial charge in [-0.25, -0.2) is 0 Å². The van der Waals surface area contributed by atoms with E-state index in [-0.39, 0.29) is 12.6 Å². The highest BCUT2D eigenvalue weighted by molar-refractivity contribution is 7.98. The van der Waals surface area contributed by atoms with Gasteiger partial charge in [0.2, 0.25) is 0 Å². The standard InChI is InChI=1S/C14H21F3N2S/c1-4-12(9-20-3)19(2)13-6-5-11(14(15,16)17)7-10(13)8-18/h5-7,12H,4,8-9,18H2,1-3H3. The number of rotatable bonds is 6. The molecule has 20 heavy (non-hydrogen) atoms. The molecule has 0 saturated carbocycles. The molecule has 2 N–H and O–H groups in total. The van der Waals surface area contributed by atoms with Crippen molar-refractivity contribution in [1.82, 2.24) is 0 Å². The Labute approximate surface area is 122 Å². The molecule has 0 aliphatic heterocycles. The molecule has 0 aliphatic rings. The van der Waals surface area contributed by atoms with E-state index in [2.05, 4.69) is 6.92 Å². The summed E-state index contributed by atoms with van der Waals surface area (Å²) >= 11 is 1.73. The van der Waals surface area contributed by atoms with E-state index in [9.17, 15) is 13.2 Å². The van der Waals surface area contributed by atoms with Gasteiger partial charge < -0.3 is 10.6 Å². The van der Waals surface area contributed by atoms with Crippen LogP contribution in [0, 0.1) is 0 Å². The molecular formula is C14H21F3N2S. The third kappa shape index (κ3) is 4.06. The third-order valence-corrected chi connectivity index (χ3v) is 4.10. The van der Waals surface area contributed by atoms with Crippen molar-refractivity contribution >= 4 is 17.4 Å². The maximum absolute atomic E-state index is 12.7. The molecule has 1 rings (SSSR count). The molecule has 6 heteroatoms. The van der Waals surface area contributed by atoms with E-state index < -0.39 is 11.7 Å². The monoisotopic (exact) mass is 306 g/mol. The number of thioether (sulfide) groups is 1. The fourth-order valence-corrected chi connectivity index (χ4v) is 3.01. The first-order valence-corrected chi connectivity index (χ1v) is 7.86. The number of nitrogens with two attached hydrogens (primary N) is 1. The van der Waals surface area contributed by atoms with Crippen molar-refractivity contribution in [2.24, 2.45) is 5.73 Å². The van der Waals surface area contributed by atoms with Gasteiger partial charge in [0.25, 0.3) is 0 Å². The maximum Gasteiger partial charge on any atom is 0.416 e. The molecule has 0 aromatic heterocycles. The third-order valence-electron chi connectivity index (χ3n) is 3.38. The second-order valence-corrected chi connectivity index (χ2v) is 5.58. The zero-order valence-electron chi connectivity index (χ0n) is 12.0. The number of hydrogen-bond acceptors (Lipinski definition) is 3. The smallest absolute Gasteiger partial charge is 0.371 e. The van der Waals surface area contributed by atoms with Crippen molar-refractivity contribution in [2.75, 3.05) is 24.0 Å². The second kappa shape index (κ2) is 7.22. The van der Waals surface area contributed by atoms with E-state index in [1.165, 1.54) is 6.07 Å². The van der Waals surface area contributed by atoms with Gasteiger partial charge in [0.05, 0.1) is 5.56 Å². The van der Waals surface area contributed by atoms with Crippen LogP contribution in [-0.4, -0.2) is 25.1 Å². The quantitative estimate of drug-likeness (QED) is 0.868. The van der Waals surface area contributed by atoms with Crippen LogP contribution in [0.25, 0.3) is 0 Å². The van der Waals surface area contributed by atoms with Crippen LogP contribution in [0.1, 0.15) is 24.5 Å². The normalized spacial score (nSPS) is 13.3. The number of nitrogens with zero attached hydrogens (tertiary/aromatic N) is 1. The summed E-state index contributed by atoms with van der Waals surface area (Å²) < 4.78 is 38.2. The Kier molecular flexibility index (Phi) is 6.20. The molecule has 0 fully saturated rings. The Morgan fingerprint density at radius 3 is 2.45 bits per heavy atom. The van der Waals surface area contributed by atoms with Gasteiger partial charge in [-0.15, -0.1) is 0 Å². The molecule has 0 aliphatic carbocycles. The summed E-state index contributed by atoms with van der Waals surface area (Å²) in [4.78, 5) is 2.03. The number of anilines is 1. The first-order chi connectivity index (χ1) is 9.35. The maximum atomic E-state index is 12.7. The van der Waals surface area contributed by atoms with Crippen molar-refractivity contribution in [3.63, 3.8) is 0 Å². The molecule has 0 radical (unpaired) electrons. The molecule has 1 unspecified atom stereocenters. The van der Waals surface area contributed by atoms with Gasteiger partial charge in [0.1, 0.15) is 0 Å². The van der Waals surface area contributed by atoms with Crippen LogP contribution in [0.3, 0.4) is 0 Å². The average Bonchev–Trinajstić information content (AvgIpc) is 2.42. The van der Waals surface area contributed by atoms with Crippen molar-refractivity contribution < 1.29 is 13.2 Å². The van der Waals surface area contributed by atoms with Crippen LogP contribution in [0.15, 0.2) is 18.2 Å². The van der Waals surface area contributed by atoms with Gasteiger partial charge in [-0.3, -0.25) is 0 Å². The lowest BCUT2D eigenvalue weighted by molar-refractivity contribution is -0.137. The Morgan fingerprint density at radius 1 is 1.35 bits per heavy atom. The molecule has 0 saturated heterocycles. The SMILES string of the molecule is CCC(CSC)N(C)c1ccc(C(F)(F)F)cc1CN. The number of hydrogen-bond donors (Lipinski definition) is 1. The summed E-state index contributed by atoms with van der Waals surface area (Å²) in [6.45, 7) is 2.17. The summed E-state index contributed by atoms with van der Waals surface area (Å²) in [6.07, 6.45) is -1.38. The number of halogens is 3. The molecule has 114 valence electrons. The van der Waals surface area contributed by atoms with Gasteiger partial charge >= 0.3 is 6.18 Å². The van der Waals surface area contributed by atoms with Gasteiger partial charge in [-0.2, -0.15) is 24.9 Å². The lowest BCUT2D eigenvalue weighted by Gasteiger charge is -2.31. The molecule has 0 heterocycles. The molecule has 1 atom stereocenters. The fourth-order valence-electron chi connectivity index (χ4n) is 2.16. The molecule has 1 aromatic rings. The molecule has 2 nitrogen and oxygen atoms in total. The summed E-state index contributed by atoms with van der Waals surface area (Å²) in [5, 5.41) is 0. The summed E-state index contributed by atoms with van der Waals surface area (Å²) in [6, 6.07) is 4.08. The van der Waals surface area contributed by atoms with E-state index >= 15 is 0 Å². The minimum Gasteiger partial charge on any atom is -0.371 e. The van der Waals surface area contributed by atoms with Crippen LogP contribution in [0.2, 0.25) is 0 Å². The molecule has 0 spiro atoms. The van der Waals surface area contributed by atoms with E-state index in [4.69, 9.17) is 5.73 Å². The lowest BCUT2D eigenvalue weighted by Crippen LogP contribution is -2.34. The van der Waals surface area contributed by atoms with Crippen LogP contribution >= 0.6 is 11.8 Å². The number of benzene rings is 1. The second-order valence-electron chi connectivity index (χ2n) is 4.67. The van der Waals surface area contributed by atoms with Crippen LogP contribution in [0.4, 0.5) is 18.9 Å². The minimum absolute atomic E-state index is 0.0965. The summed E-state index contributed by atoms with van der Waals surface area (Å²) in [5.41, 5.74) is 6.28. The van der Waals surface area contributed by atoms with Crippen LogP contribution in [-0.2, 0) is 12.7 Å². The minimum atomic E-state index is -4.33. The molecule has 1 aromatic carbocycles. The van der Waals surface area contributed by atoms with E-state index in [1.807, 2.05) is 18.2 Å². The zero-order valence-corrected chi connectivity index (χ0v) is 12.8. The van der Waals surface area contributed by atoms with Crippen molar-refractivity contribution in [2.45, 2.75) is 32.1 Å². The highest BCUT2D eigenvalue weighted by atomic mass is 32.2. The predicted molar refractivity (Wildman–Crippen MR) is 80.2 cm³/mol. The molecule has 0 amide bonds. The zero-order chi connectivity index (χ0) is 15.3. The topological polar surface area (TPSA) is 29.3 Å². The highest BCUT2D eigenvalue weighted by Crippen LogP contribution is 2.33. The first kappa shape index (κ1) is 17.2. The molecule has 0 bridgehead atoms. The van der Waals surface area contributed by atoms with Crippen molar-refractivity contribution in [1.29, 1.82) is 0 Å². The molecular weight excluding hydrogens is 285 g/mol. The van der Waals surface area contributed by atoms with Gasteiger partial charge in [-0.1, -0.05) is 6.92 Å².